The van der Waals surface area contributed by atoms with E-state index in [4.69, 9.17) is 9.47 Å². The van der Waals surface area contributed by atoms with Gasteiger partial charge in [0.15, 0.2) is 11.5 Å². The average molecular weight is 449 g/mol. The first-order chi connectivity index (χ1) is 15.6. The molecule has 0 unspecified atom stereocenters. The summed E-state index contributed by atoms with van der Waals surface area (Å²) < 4.78 is 25.3. The third kappa shape index (κ3) is 3.97. The van der Waals surface area contributed by atoms with Crippen molar-refractivity contribution in [3.8, 4) is 11.5 Å². The highest BCUT2D eigenvalue weighted by atomic mass is 32.1. The predicted molar refractivity (Wildman–Crippen MR) is 119 cm³/mol. The molecule has 1 aliphatic rings. The molecule has 5 rings (SSSR count). The molecule has 4 aromatic rings. The van der Waals surface area contributed by atoms with Crippen LogP contribution in [0.2, 0.25) is 0 Å². The van der Waals surface area contributed by atoms with E-state index in [0.717, 1.165) is 10.2 Å². The van der Waals surface area contributed by atoms with Crippen molar-refractivity contribution in [2.75, 3.05) is 23.8 Å². The van der Waals surface area contributed by atoms with E-state index in [1.807, 2.05) is 6.07 Å². The van der Waals surface area contributed by atoms with Crippen LogP contribution in [0.3, 0.4) is 0 Å². The molecule has 7 nitrogen and oxygen atoms in total. The zero-order chi connectivity index (χ0) is 22.1. The molecule has 0 spiro atoms. The average Bonchev–Trinajstić information content (AvgIpc) is 3.25. The quantitative estimate of drug-likeness (QED) is 0.471. The lowest BCUT2D eigenvalue weighted by atomic mass is 10.1. The summed E-state index contributed by atoms with van der Waals surface area (Å²) in [5, 5.41) is 6.11. The molecule has 32 heavy (non-hydrogen) atoms. The molecule has 2 aromatic heterocycles. The fourth-order valence-corrected chi connectivity index (χ4v) is 4.15. The Labute approximate surface area is 185 Å². The van der Waals surface area contributed by atoms with Crippen molar-refractivity contribution in [3.63, 3.8) is 0 Å². The number of amides is 2. The Morgan fingerprint density at radius 2 is 1.78 bits per heavy atom. The van der Waals surface area contributed by atoms with Gasteiger partial charge in [0.2, 0.25) is 0 Å². The molecule has 0 bridgehead atoms. The van der Waals surface area contributed by atoms with Crippen molar-refractivity contribution < 1.29 is 23.5 Å². The van der Waals surface area contributed by atoms with E-state index < -0.39 is 17.6 Å². The first-order valence-electron chi connectivity index (χ1n) is 9.73. The minimum absolute atomic E-state index is 0.0413. The van der Waals surface area contributed by atoms with Crippen molar-refractivity contribution in [1.29, 1.82) is 0 Å². The molecule has 0 fully saturated rings. The van der Waals surface area contributed by atoms with Gasteiger partial charge in [-0.3, -0.25) is 9.59 Å². The van der Waals surface area contributed by atoms with Crippen LogP contribution in [0.25, 0.3) is 10.2 Å². The molecular formula is C23H16FN3O4S. The molecule has 0 saturated carbocycles. The Kier molecular flexibility index (Phi) is 5.16. The second kappa shape index (κ2) is 8.27. The van der Waals surface area contributed by atoms with E-state index in [0.29, 0.717) is 40.8 Å². The number of halogens is 1. The second-order valence-electron chi connectivity index (χ2n) is 6.97. The molecule has 2 amide bonds. The summed E-state index contributed by atoms with van der Waals surface area (Å²) in [5.41, 5.74) is 0.655. The smallest absolute Gasteiger partial charge is 0.265 e. The Hall–Kier alpha value is -3.98. The monoisotopic (exact) mass is 449 g/mol. The summed E-state index contributed by atoms with van der Waals surface area (Å²) in [4.78, 5) is 30.6. The number of ether oxygens (including phenoxy) is 2. The van der Waals surface area contributed by atoms with Gasteiger partial charge in [0.1, 0.15) is 23.9 Å². The van der Waals surface area contributed by atoms with Gasteiger partial charge in [0.05, 0.1) is 10.6 Å². The molecule has 160 valence electrons. The summed E-state index contributed by atoms with van der Waals surface area (Å²) in [6, 6.07) is 14.2. The fraction of sp³-hybridized carbons (Fsp3) is 0.0870. The van der Waals surface area contributed by atoms with Crippen LogP contribution in [0.1, 0.15) is 20.0 Å². The SMILES string of the molecule is O=C(Nc1ccc(F)c(NC(=O)c2cc3cccnc3s2)c1)c1ccc2c(c1)OCCO2. The summed E-state index contributed by atoms with van der Waals surface area (Å²) in [6.45, 7) is 0.871. The van der Waals surface area contributed by atoms with E-state index in [1.54, 1.807) is 36.5 Å². The maximum absolute atomic E-state index is 14.3. The molecule has 1 aliphatic heterocycles. The fourth-order valence-electron chi connectivity index (χ4n) is 3.26. The minimum Gasteiger partial charge on any atom is -0.486 e. The van der Waals surface area contributed by atoms with Gasteiger partial charge < -0.3 is 20.1 Å². The number of thiophene rings is 1. The number of nitrogens with one attached hydrogen (secondary N) is 2. The van der Waals surface area contributed by atoms with Crippen LogP contribution < -0.4 is 20.1 Å². The van der Waals surface area contributed by atoms with E-state index in [1.165, 1.54) is 29.5 Å². The van der Waals surface area contributed by atoms with Crippen molar-refractivity contribution in [2.24, 2.45) is 0 Å². The van der Waals surface area contributed by atoms with Crippen LogP contribution in [-0.4, -0.2) is 30.0 Å². The highest BCUT2D eigenvalue weighted by molar-refractivity contribution is 7.20. The third-order valence-electron chi connectivity index (χ3n) is 4.79. The summed E-state index contributed by atoms with van der Waals surface area (Å²) in [6.07, 6.45) is 1.65. The number of fused-ring (bicyclic) bond motifs is 2. The standard InChI is InChI=1S/C23H16FN3O4S/c24-16-5-4-15(26-21(28)13-3-6-18-19(10-13)31-9-8-30-18)12-17(16)27-22(29)20-11-14-2-1-7-25-23(14)32-20/h1-7,10-12H,8-9H2,(H,26,28)(H,27,29). The first-order valence-corrected chi connectivity index (χ1v) is 10.5. The first kappa shape index (κ1) is 20.0. The van der Waals surface area contributed by atoms with Gasteiger partial charge in [0.25, 0.3) is 11.8 Å². The van der Waals surface area contributed by atoms with Gasteiger partial charge in [-0.15, -0.1) is 11.3 Å². The highest BCUT2D eigenvalue weighted by Crippen LogP contribution is 2.31. The second-order valence-corrected chi connectivity index (χ2v) is 8.00. The Morgan fingerprint density at radius 1 is 0.938 bits per heavy atom. The van der Waals surface area contributed by atoms with Crippen molar-refractivity contribution in [2.45, 2.75) is 0 Å². The van der Waals surface area contributed by atoms with Crippen LogP contribution in [0, 0.1) is 5.82 Å². The number of pyridine rings is 1. The van der Waals surface area contributed by atoms with Gasteiger partial charge in [-0.25, -0.2) is 9.37 Å². The van der Waals surface area contributed by atoms with Crippen molar-refractivity contribution >= 4 is 44.7 Å². The van der Waals surface area contributed by atoms with E-state index in [2.05, 4.69) is 15.6 Å². The van der Waals surface area contributed by atoms with Crippen LogP contribution in [-0.2, 0) is 0 Å². The summed E-state index contributed by atoms with van der Waals surface area (Å²) in [7, 11) is 0. The zero-order valence-corrected chi connectivity index (χ0v) is 17.4. The van der Waals surface area contributed by atoms with E-state index >= 15 is 0 Å². The van der Waals surface area contributed by atoms with Gasteiger partial charge in [-0.05, 0) is 48.5 Å². The number of hydrogen-bond donors (Lipinski definition) is 2. The molecule has 0 aliphatic carbocycles. The van der Waals surface area contributed by atoms with Gasteiger partial charge >= 0.3 is 0 Å². The number of carbonyl (C=O) groups excluding carboxylic acids is 2. The molecule has 2 aromatic carbocycles. The van der Waals surface area contributed by atoms with Crippen LogP contribution >= 0.6 is 11.3 Å². The molecule has 0 saturated heterocycles. The number of hydrogen-bond acceptors (Lipinski definition) is 6. The zero-order valence-electron chi connectivity index (χ0n) is 16.6. The van der Waals surface area contributed by atoms with Gasteiger partial charge in [-0.2, -0.15) is 0 Å². The van der Waals surface area contributed by atoms with Crippen molar-refractivity contribution in [1.82, 2.24) is 4.98 Å². The van der Waals surface area contributed by atoms with E-state index in [9.17, 15) is 14.0 Å². The number of benzene rings is 2. The summed E-state index contributed by atoms with van der Waals surface area (Å²) in [5.74, 6) is -0.400. The number of anilines is 2. The maximum atomic E-state index is 14.3. The molecule has 9 heteroatoms. The van der Waals surface area contributed by atoms with Crippen LogP contribution in [0.4, 0.5) is 15.8 Å². The van der Waals surface area contributed by atoms with Crippen LogP contribution in [0.5, 0.6) is 11.5 Å². The predicted octanol–water partition coefficient (Wildman–Crippen LogP) is 4.71. The maximum Gasteiger partial charge on any atom is 0.265 e. The van der Waals surface area contributed by atoms with Crippen molar-refractivity contribution in [3.05, 3.63) is 77.1 Å². The van der Waals surface area contributed by atoms with Crippen LogP contribution in [0.15, 0.2) is 60.8 Å². The topological polar surface area (TPSA) is 89.6 Å². The number of nitrogens with zero attached hydrogens (tertiary/aromatic N) is 1. The van der Waals surface area contributed by atoms with Gasteiger partial charge in [0, 0.05) is 22.8 Å². The summed E-state index contributed by atoms with van der Waals surface area (Å²) >= 11 is 1.22. The molecule has 3 heterocycles. The number of aromatic nitrogens is 1. The van der Waals surface area contributed by atoms with Gasteiger partial charge in [-0.1, -0.05) is 6.07 Å². The Bertz CT molecular complexity index is 1320. The number of carbonyl (C=O) groups is 2. The Balaban J connectivity index is 1.33. The lowest BCUT2D eigenvalue weighted by Crippen LogP contribution is -2.17. The Morgan fingerprint density at radius 3 is 2.62 bits per heavy atom. The lowest BCUT2D eigenvalue weighted by molar-refractivity contribution is 0.102. The lowest BCUT2D eigenvalue weighted by Gasteiger charge is -2.18. The largest absolute Gasteiger partial charge is 0.486 e. The molecule has 0 atom stereocenters. The minimum atomic E-state index is -0.616. The molecule has 0 radical (unpaired) electrons. The highest BCUT2D eigenvalue weighted by Gasteiger charge is 2.17. The van der Waals surface area contributed by atoms with E-state index in [-0.39, 0.29) is 5.69 Å². The molecular weight excluding hydrogens is 433 g/mol. The third-order valence-corrected chi connectivity index (χ3v) is 5.85. The molecule has 2 N–H and O–H groups in total. The number of rotatable bonds is 4. The normalized spacial score (nSPS) is 12.4.